The molecule has 1 aliphatic rings. The molecular formula is C34H22N2O4. The maximum absolute atomic E-state index is 14.0. The van der Waals surface area contributed by atoms with Crippen molar-refractivity contribution in [3.05, 3.63) is 120 Å². The number of carbonyl (C=O) groups is 2. The van der Waals surface area contributed by atoms with Crippen molar-refractivity contribution in [1.82, 2.24) is 9.97 Å². The van der Waals surface area contributed by atoms with Crippen molar-refractivity contribution in [2.24, 2.45) is 0 Å². The Kier molecular flexibility index (Phi) is 5.42. The van der Waals surface area contributed by atoms with Crippen LogP contribution in [0.25, 0.3) is 44.1 Å². The number of fused-ring (bicyclic) bond motifs is 10. The Labute approximate surface area is 229 Å². The lowest BCUT2D eigenvalue weighted by atomic mass is 9.87. The van der Waals surface area contributed by atoms with Crippen molar-refractivity contribution in [3.8, 4) is 34.0 Å². The number of rotatable bonds is 0. The molecule has 0 amide bonds. The molecule has 6 aromatic rings. The molecule has 0 radical (unpaired) electrons. The second-order valence-electron chi connectivity index (χ2n) is 9.80. The number of hydrogen-bond acceptors (Lipinski definition) is 6. The van der Waals surface area contributed by atoms with Gasteiger partial charge in [-0.15, -0.1) is 0 Å². The zero-order chi connectivity index (χ0) is 27.4. The third kappa shape index (κ3) is 3.81. The van der Waals surface area contributed by atoms with E-state index < -0.39 is 11.9 Å². The summed E-state index contributed by atoms with van der Waals surface area (Å²) in [5, 5.41) is 3.49. The van der Waals surface area contributed by atoms with E-state index in [2.05, 4.69) is 9.97 Å². The molecule has 0 aliphatic carbocycles. The Morgan fingerprint density at radius 3 is 1.38 bits per heavy atom. The van der Waals surface area contributed by atoms with Crippen LogP contribution in [-0.4, -0.2) is 21.9 Å². The molecule has 0 N–H and O–H groups in total. The summed E-state index contributed by atoms with van der Waals surface area (Å²) in [5.41, 5.74) is 3.91. The lowest BCUT2D eigenvalue weighted by molar-refractivity contribution is 0.0721. The lowest BCUT2D eigenvalue weighted by Crippen LogP contribution is -2.16. The predicted octanol–water partition coefficient (Wildman–Crippen LogP) is 7.49. The topological polar surface area (TPSA) is 78.4 Å². The van der Waals surface area contributed by atoms with E-state index in [1.807, 2.05) is 74.5 Å². The van der Waals surface area contributed by atoms with Crippen LogP contribution in [0.4, 0.5) is 0 Å². The van der Waals surface area contributed by atoms with Gasteiger partial charge in [0.2, 0.25) is 0 Å². The number of aromatic nitrogens is 2. The Morgan fingerprint density at radius 2 is 0.925 bits per heavy atom. The third-order valence-electron chi connectivity index (χ3n) is 7.17. The first-order valence-corrected chi connectivity index (χ1v) is 12.9. The summed E-state index contributed by atoms with van der Waals surface area (Å²) in [6.07, 6.45) is 0. The standard InChI is InChI=1S/C34H22N2O4/c1-19-11-17-27-31(35-19)32-28(18-12-20(2)36-32)40-34(38)26-16-14-22-8-4-6-10-24(22)30(26)29-23-9-5-3-7-21(23)13-15-25(29)33(37)39-27/h3-18H,1-2H3. The molecule has 6 nitrogen and oxygen atoms in total. The number of benzene rings is 4. The Morgan fingerprint density at radius 1 is 0.500 bits per heavy atom. The third-order valence-corrected chi connectivity index (χ3v) is 7.17. The average molecular weight is 523 g/mol. The highest BCUT2D eigenvalue weighted by Gasteiger charge is 2.28. The molecule has 0 atom stereocenters. The molecule has 1 aliphatic heterocycles. The van der Waals surface area contributed by atoms with Gasteiger partial charge in [-0.05, 0) is 71.8 Å². The number of esters is 2. The van der Waals surface area contributed by atoms with Crippen LogP contribution in [-0.2, 0) is 0 Å². The average Bonchev–Trinajstić information content (AvgIpc) is 2.97. The quantitative estimate of drug-likeness (QED) is 0.192. The maximum Gasteiger partial charge on any atom is 0.344 e. The summed E-state index contributed by atoms with van der Waals surface area (Å²) < 4.78 is 12.1. The highest BCUT2D eigenvalue weighted by molar-refractivity contribution is 6.18. The van der Waals surface area contributed by atoms with Crippen LogP contribution in [0.1, 0.15) is 32.1 Å². The highest BCUT2D eigenvalue weighted by Crippen LogP contribution is 2.42. The molecule has 0 bridgehead atoms. The fourth-order valence-corrected chi connectivity index (χ4v) is 5.32. The van der Waals surface area contributed by atoms with Gasteiger partial charge in [0.1, 0.15) is 11.4 Å². The first kappa shape index (κ1) is 23.7. The number of aryl methyl sites for hydroxylation is 2. The molecule has 0 unspecified atom stereocenters. The van der Waals surface area contributed by atoms with Gasteiger partial charge in [-0.2, -0.15) is 0 Å². The Balaban J connectivity index is 1.62. The van der Waals surface area contributed by atoms with Gasteiger partial charge in [-0.25, -0.2) is 19.6 Å². The van der Waals surface area contributed by atoms with Crippen LogP contribution >= 0.6 is 0 Å². The minimum Gasteiger partial charge on any atom is -0.421 e. The normalized spacial score (nSPS) is 12.8. The van der Waals surface area contributed by atoms with Crippen molar-refractivity contribution in [2.75, 3.05) is 0 Å². The Bertz CT molecular complexity index is 1880. The van der Waals surface area contributed by atoms with Crippen LogP contribution < -0.4 is 9.47 Å². The molecule has 0 saturated heterocycles. The van der Waals surface area contributed by atoms with Crippen molar-refractivity contribution in [2.45, 2.75) is 13.8 Å². The molecule has 7 rings (SSSR count). The van der Waals surface area contributed by atoms with E-state index in [-0.39, 0.29) is 11.5 Å². The summed E-state index contributed by atoms with van der Waals surface area (Å²) in [6.45, 7) is 3.67. The highest BCUT2D eigenvalue weighted by atomic mass is 16.5. The second-order valence-corrected chi connectivity index (χ2v) is 9.80. The fourth-order valence-electron chi connectivity index (χ4n) is 5.32. The zero-order valence-corrected chi connectivity index (χ0v) is 21.8. The van der Waals surface area contributed by atoms with Gasteiger partial charge in [0.05, 0.1) is 11.1 Å². The lowest BCUT2D eigenvalue weighted by Gasteiger charge is -2.20. The fraction of sp³-hybridized carbons (Fsp3) is 0.0588. The van der Waals surface area contributed by atoms with Crippen molar-refractivity contribution in [1.29, 1.82) is 0 Å². The van der Waals surface area contributed by atoms with Crippen LogP contribution in [0.2, 0.25) is 0 Å². The molecule has 6 heteroatoms. The first-order valence-electron chi connectivity index (χ1n) is 12.9. The van der Waals surface area contributed by atoms with E-state index in [9.17, 15) is 9.59 Å². The van der Waals surface area contributed by atoms with E-state index in [4.69, 9.17) is 9.47 Å². The van der Waals surface area contributed by atoms with Gasteiger partial charge in [0.25, 0.3) is 0 Å². The van der Waals surface area contributed by atoms with Crippen LogP contribution in [0.5, 0.6) is 11.5 Å². The van der Waals surface area contributed by atoms with Crippen LogP contribution in [0.15, 0.2) is 97.1 Å². The SMILES string of the molecule is Cc1ccc2c(n1)-c1nc(C)ccc1OC(=O)c1ccc3ccccc3c1-c1c(ccc3ccccc13)C(=O)O2. The van der Waals surface area contributed by atoms with E-state index in [1.165, 1.54) is 0 Å². The van der Waals surface area contributed by atoms with Gasteiger partial charge >= 0.3 is 11.9 Å². The van der Waals surface area contributed by atoms with E-state index in [1.54, 1.807) is 36.4 Å². The largest absolute Gasteiger partial charge is 0.421 e. The molecule has 0 saturated carbocycles. The molecule has 2 aromatic heterocycles. The molecule has 3 heterocycles. The number of carbonyl (C=O) groups excluding carboxylic acids is 2. The van der Waals surface area contributed by atoms with Crippen molar-refractivity contribution in [3.63, 3.8) is 0 Å². The van der Waals surface area contributed by atoms with Gasteiger partial charge in [0, 0.05) is 22.5 Å². The number of pyridine rings is 2. The summed E-state index contributed by atoms with van der Waals surface area (Å²) in [5.74, 6) is -0.669. The second kappa shape index (κ2) is 9.13. The minimum absolute atomic E-state index is 0.226. The van der Waals surface area contributed by atoms with Crippen LogP contribution in [0, 0.1) is 13.8 Å². The summed E-state index contributed by atoms with van der Waals surface area (Å²) in [7, 11) is 0. The van der Waals surface area contributed by atoms with Crippen molar-refractivity contribution >= 4 is 33.5 Å². The number of hydrogen-bond donors (Lipinski definition) is 0. The number of nitrogens with zero attached hydrogens (tertiary/aromatic N) is 2. The smallest absolute Gasteiger partial charge is 0.344 e. The van der Waals surface area contributed by atoms with Gasteiger partial charge in [-0.3, -0.25) is 0 Å². The van der Waals surface area contributed by atoms with E-state index in [0.29, 0.717) is 45.0 Å². The predicted molar refractivity (Wildman–Crippen MR) is 154 cm³/mol. The van der Waals surface area contributed by atoms with Crippen LogP contribution in [0.3, 0.4) is 0 Å². The molecule has 4 aromatic carbocycles. The number of ether oxygens (including phenoxy) is 2. The van der Waals surface area contributed by atoms with E-state index >= 15 is 0 Å². The summed E-state index contributed by atoms with van der Waals surface area (Å²) >= 11 is 0. The Hall–Kier alpha value is -5.36. The molecule has 192 valence electrons. The minimum atomic E-state index is -0.560. The molecule has 0 spiro atoms. The van der Waals surface area contributed by atoms with Crippen molar-refractivity contribution < 1.29 is 19.1 Å². The maximum atomic E-state index is 14.0. The zero-order valence-electron chi connectivity index (χ0n) is 21.8. The molecular weight excluding hydrogens is 500 g/mol. The molecule has 40 heavy (non-hydrogen) atoms. The van der Waals surface area contributed by atoms with E-state index in [0.717, 1.165) is 21.5 Å². The first-order chi connectivity index (χ1) is 19.5. The summed E-state index contributed by atoms with van der Waals surface area (Å²) in [4.78, 5) is 37.4. The van der Waals surface area contributed by atoms with Gasteiger partial charge in [-0.1, -0.05) is 60.7 Å². The van der Waals surface area contributed by atoms with Gasteiger partial charge in [0.15, 0.2) is 11.5 Å². The summed E-state index contributed by atoms with van der Waals surface area (Å²) in [6, 6.07) is 29.8. The van der Waals surface area contributed by atoms with Gasteiger partial charge < -0.3 is 9.47 Å². The monoisotopic (exact) mass is 522 g/mol. The molecule has 0 fully saturated rings.